The third-order valence-electron chi connectivity index (χ3n) is 2.32. The number of hydrogen-bond acceptors (Lipinski definition) is 3. The van der Waals surface area contributed by atoms with Gasteiger partial charge in [0.25, 0.3) is 0 Å². The molecule has 1 heterocycles. The second kappa shape index (κ2) is 5.04. The Kier molecular flexibility index (Phi) is 3.66. The molecular weight excluding hydrogens is 259 g/mol. The Bertz CT molecular complexity index is 536. The summed E-state index contributed by atoms with van der Waals surface area (Å²) in [7, 11) is 0. The quantitative estimate of drug-likeness (QED) is 0.932. The van der Waals surface area contributed by atoms with E-state index in [9.17, 15) is 0 Å². The Balaban J connectivity index is 2.45. The number of hydrogen-bond donors (Lipinski definition) is 1. The third kappa shape index (κ3) is 2.60. The molecule has 0 saturated carbocycles. The Morgan fingerprint density at radius 3 is 2.76 bits per heavy atom. The number of halogens is 2. The highest BCUT2D eigenvalue weighted by Gasteiger charge is 2.10. The van der Waals surface area contributed by atoms with E-state index in [4.69, 9.17) is 28.9 Å². The summed E-state index contributed by atoms with van der Waals surface area (Å²) in [4.78, 5) is 4.32. The Morgan fingerprint density at radius 2 is 2.12 bits per heavy atom. The summed E-state index contributed by atoms with van der Waals surface area (Å²) in [5.74, 6) is 1.49. The minimum Gasteiger partial charge on any atom is -0.330 e. The second-order valence-electron chi connectivity index (χ2n) is 3.62. The van der Waals surface area contributed by atoms with Gasteiger partial charge in [-0.2, -0.15) is 5.10 Å². The highest BCUT2D eigenvalue weighted by atomic mass is 35.5. The van der Waals surface area contributed by atoms with Gasteiger partial charge in [-0.3, -0.25) is 0 Å². The van der Waals surface area contributed by atoms with E-state index in [-0.39, 0.29) is 0 Å². The van der Waals surface area contributed by atoms with E-state index < -0.39 is 0 Å². The summed E-state index contributed by atoms with van der Waals surface area (Å²) in [6, 6.07) is 5.27. The topological polar surface area (TPSA) is 56.7 Å². The zero-order chi connectivity index (χ0) is 12.4. The standard InChI is InChI=1S/C11H12Cl2N4/c1-7-15-11(4-5-14)16-17(7)10-3-2-8(12)6-9(10)13/h2-3,6H,4-5,14H2,1H3. The number of nitrogens with two attached hydrogens (primary N) is 1. The largest absolute Gasteiger partial charge is 0.330 e. The maximum absolute atomic E-state index is 6.12. The minimum absolute atomic E-state index is 0.526. The maximum atomic E-state index is 6.12. The molecule has 1 aromatic carbocycles. The van der Waals surface area contributed by atoms with Crippen LogP contribution in [0.1, 0.15) is 11.6 Å². The van der Waals surface area contributed by atoms with Crippen LogP contribution in [0.2, 0.25) is 10.0 Å². The lowest BCUT2D eigenvalue weighted by atomic mass is 10.3. The zero-order valence-corrected chi connectivity index (χ0v) is 10.8. The van der Waals surface area contributed by atoms with Crippen LogP contribution in [-0.2, 0) is 6.42 Å². The smallest absolute Gasteiger partial charge is 0.152 e. The molecular formula is C11H12Cl2N4. The lowest BCUT2D eigenvalue weighted by Crippen LogP contribution is -2.05. The fourth-order valence-corrected chi connectivity index (χ4v) is 2.05. The molecule has 1 aromatic heterocycles. The van der Waals surface area contributed by atoms with Crippen LogP contribution < -0.4 is 5.73 Å². The highest BCUT2D eigenvalue weighted by Crippen LogP contribution is 2.24. The average Bonchev–Trinajstić information content (AvgIpc) is 2.60. The number of aromatic nitrogens is 3. The van der Waals surface area contributed by atoms with Gasteiger partial charge in [0.05, 0.1) is 10.7 Å². The van der Waals surface area contributed by atoms with Crippen LogP contribution in [0.25, 0.3) is 5.69 Å². The predicted molar refractivity (Wildman–Crippen MR) is 68.9 cm³/mol. The Morgan fingerprint density at radius 1 is 1.35 bits per heavy atom. The first-order valence-corrected chi connectivity index (χ1v) is 5.95. The highest BCUT2D eigenvalue weighted by molar-refractivity contribution is 6.35. The van der Waals surface area contributed by atoms with Crippen molar-refractivity contribution in [1.29, 1.82) is 0 Å². The molecule has 0 aliphatic heterocycles. The van der Waals surface area contributed by atoms with Gasteiger partial charge in [-0.15, -0.1) is 0 Å². The molecule has 0 atom stereocenters. The molecule has 90 valence electrons. The van der Waals surface area contributed by atoms with Crippen molar-refractivity contribution in [3.63, 3.8) is 0 Å². The molecule has 0 unspecified atom stereocenters. The van der Waals surface area contributed by atoms with Crippen molar-refractivity contribution in [3.05, 3.63) is 39.9 Å². The first-order chi connectivity index (χ1) is 8.11. The average molecular weight is 271 g/mol. The van der Waals surface area contributed by atoms with Gasteiger partial charge in [0.15, 0.2) is 5.82 Å². The lowest BCUT2D eigenvalue weighted by molar-refractivity contribution is 0.804. The Labute approximate surface area is 109 Å². The van der Waals surface area contributed by atoms with Crippen molar-refractivity contribution < 1.29 is 0 Å². The van der Waals surface area contributed by atoms with Crippen LogP contribution in [0.15, 0.2) is 18.2 Å². The number of rotatable bonds is 3. The molecule has 0 aliphatic carbocycles. The molecule has 0 aliphatic rings. The molecule has 0 amide bonds. The molecule has 6 heteroatoms. The monoisotopic (exact) mass is 270 g/mol. The summed E-state index contributed by atoms with van der Waals surface area (Å²) in [6.07, 6.45) is 0.652. The first kappa shape index (κ1) is 12.4. The van der Waals surface area contributed by atoms with Gasteiger partial charge >= 0.3 is 0 Å². The van der Waals surface area contributed by atoms with Gasteiger partial charge in [0, 0.05) is 11.4 Å². The molecule has 4 nitrogen and oxygen atoms in total. The van der Waals surface area contributed by atoms with Crippen molar-refractivity contribution in [1.82, 2.24) is 14.8 Å². The van der Waals surface area contributed by atoms with Crippen LogP contribution in [-0.4, -0.2) is 21.3 Å². The van der Waals surface area contributed by atoms with Gasteiger partial charge in [-0.25, -0.2) is 9.67 Å². The molecule has 0 radical (unpaired) electrons. The van der Waals surface area contributed by atoms with Crippen LogP contribution in [0, 0.1) is 6.92 Å². The van der Waals surface area contributed by atoms with E-state index in [1.165, 1.54) is 0 Å². The molecule has 2 N–H and O–H groups in total. The first-order valence-electron chi connectivity index (χ1n) is 5.20. The molecule has 0 saturated heterocycles. The van der Waals surface area contributed by atoms with Crippen molar-refractivity contribution in [2.45, 2.75) is 13.3 Å². The van der Waals surface area contributed by atoms with Crippen molar-refractivity contribution in [2.75, 3.05) is 6.54 Å². The second-order valence-corrected chi connectivity index (χ2v) is 4.47. The van der Waals surface area contributed by atoms with Crippen molar-refractivity contribution >= 4 is 23.2 Å². The SMILES string of the molecule is Cc1nc(CCN)nn1-c1ccc(Cl)cc1Cl. The molecule has 17 heavy (non-hydrogen) atoms. The summed E-state index contributed by atoms with van der Waals surface area (Å²) in [5.41, 5.74) is 6.24. The molecule has 0 spiro atoms. The lowest BCUT2D eigenvalue weighted by Gasteiger charge is -2.05. The van der Waals surface area contributed by atoms with E-state index in [2.05, 4.69) is 10.1 Å². The molecule has 2 rings (SSSR count). The van der Waals surface area contributed by atoms with Crippen LogP contribution in [0.3, 0.4) is 0 Å². The third-order valence-corrected chi connectivity index (χ3v) is 2.86. The fourth-order valence-electron chi connectivity index (χ4n) is 1.56. The minimum atomic E-state index is 0.526. The van der Waals surface area contributed by atoms with Gasteiger partial charge in [-0.1, -0.05) is 23.2 Å². The van der Waals surface area contributed by atoms with Gasteiger partial charge < -0.3 is 5.73 Å². The van der Waals surface area contributed by atoms with Gasteiger partial charge in [-0.05, 0) is 31.7 Å². The summed E-state index contributed by atoms with van der Waals surface area (Å²) in [6.45, 7) is 2.40. The van der Waals surface area contributed by atoms with Crippen molar-refractivity contribution in [3.8, 4) is 5.69 Å². The van der Waals surface area contributed by atoms with Crippen LogP contribution >= 0.6 is 23.2 Å². The van der Waals surface area contributed by atoms with Gasteiger partial charge in [0.1, 0.15) is 5.82 Å². The molecule has 2 aromatic rings. The van der Waals surface area contributed by atoms with Gasteiger partial charge in [0.2, 0.25) is 0 Å². The van der Waals surface area contributed by atoms with E-state index in [1.807, 2.05) is 13.0 Å². The van der Waals surface area contributed by atoms with E-state index in [0.717, 1.165) is 17.3 Å². The zero-order valence-electron chi connectivity index (χ0n) is 9.32. The summed E-state index contributed by atoms with van der Waals surface area (Å²) < 4.78 is 1.70. The number of aryl methyl sites for hydroxylation is 1. The maximum Gasteiger partial charge on any atom is 0.152 e. The van der Waals surface area contributed by atoms with Crippen LogP contribution in [0.4, 0.5) is 0 Å². The van der Waals surface area contributed by atoms with E-state index >= 15 is 0 Å². The van der Waals surface area contributed by atoms with Crippen molar-refractivity contribution in [2.24, 2.45) is 5.73 Å². The Hall–Kier alpha value is -1.10. The van der Waals surface area contributed by atoms with Crippen LogP contribution in [0.5, 0.6) is 0 Å². The number of benzene rings is 1. The molecule has 0 fully saturated rings. The number of nitrogens with zero attached hydrogens (tertiary/aromatic N) is 3. The predicted octanol–water partition coefficient (Wildman–Crippen LogP) is 2.38. The molecule has 0 bridgehead atoms. The van der Waals surface area contributed by atoms with E-state index in [1.54, 1.807) is 16.8 Å². The summed E-state index contributed by atoms with van der Waals surface area (Å²) >= 11 is 12.0. The van der Waals surface area contributed by atoms with E-state index in [0.29, 0.717) is 23.0 Å². The normalized spacial score (nSPS) is 10.8. The summed E-state index contributed by atoms with van der Waals surface area (Å²) in [5, 5.41) is 5.50. The fraction of sp³-hybridized carbons (Fsp3) is 0.273.